The number of methoxy groups -OCH3 is 1. The summed E-state index contributed by atoms with van der Waals surface area (Å²) in [4.78, 5) is 40.4. The van der Waals surface area contributed by atoms with E-state index in [0.29, 0.717) is 37.4 Å². The lowest BCUT2D eigenvalue weighted by Crippen LogP contribution is -2.38. The number of anilines is 1. The maximum Gasteiger partial charge on any atom is 0.253 e. The standard InChI is InChI=1S/C24H31N5O3/c1-27(2)21-14-20(18-13-22(30)28(3)15-18)25-23(26-21)16-8-10-29(11-9-16)24(31)17-6-5-7-19(12-17)32-4/h5-7,12,14,16,18H,8-11,13,15H2,1-4H3/t18-/m0/s1. The third-order valence-electron chi connectivity index (χ3n) is 6.43. The maximum absolute atomic E-state index is 12.9. The molecule has 1 aromatic carbocycles. The average Bonchev–Trinajstić information content (AvgIpc) is 3.16. The number of hydrogen-bond donors (Lipinski definition) is 0. The molecular weight excluding hydrogens is 406 g/mol. The Morgan fingerprint density at radius 1 is 1.12 bits per heavy atom. The number of hydrogen-bond acceptors (Lipinski definition) is 6. The molecule has 2 amide bonds. The first-order chi connectivity index (χ1) is 15.4. The van der Waals surface area contributed by atoms with Crippen LogP contribution in [-0.4, -0.2) is 79.5 Å². The van der Waals surface area contributed by atoms with E-state index in [1.165, 1.54) is 0 Å². The second-order valence-corrected chi connectivity index (χ2v) is 8.88. The van der Waals surface area contributed by atoms with Crippen molar-refractivity contribution in [3.05, 3.63) is 47.4 Å². The van der Waals surface area contributed by atoms with Crippen molar-refractivity contribution in [3.8, 4) is 5.75 Å². The van der Waals surface area contributed by atoms with Crippen LogP contribution in [0, 0.1) is 0 Å². The highest BCUT2D eigenvalue weighted by Gasteiger charge is 2.32. The van der Waals surface area contributed by atoms with Gasteiger partial charge in [-0.25, -0.2) is 9.97 Å². The fourth-order valence-electron chi connectivity index (χ4n) is 4.43. The van der Waals surface area contributed by atoms with Gasteiger partial charge >= 0.3 is 0 Å². The van der Waals surface area contributed by atoms with E-state index in [1.54, 1.807) is 18.1 Å². The third kappa shape index (κ3) is 4.54. The predicted octanol–water partition coefficient (Wildman–Crippen LogP) is 2.52. The van der Waals surface area contributed by atoms with Crippen LogP contribution in [0.4, 0.5) is 5.82 Å². The number of piperidine rings is 1. The van der Waals surface area contributed by atoms with E-state index < -0.39 is 0 Å². The van der Waals surface area contributed by atoms with Crippen LogP contribution in [0.5, 0.6) is 5.75 Å². The largest absolute Gasteiger partial charge is 0.497 e. The maximum atomic E-state index is 12.9. The molecule has 4 rings (SSSR count). The van der Waals surface area contributed by atoms with Crippen LogP contribution < -0.4 is 9.64 Å². The zero-order valence-electron chi connectivity index (χ0n) is 19.2. The summed E-state index contributed by atoms with van der Waals surface area (Å²) in [5, 5.41) is 0. The van der Waals surface area contributed by atoms with Crippen molar-refractivity contribution in [2.45, 2.75) is 31.1 Å². The van der Waals surface area contributed by atoms with Gasteiger partial charge in [0, 0.05) is 70.7 Å². The van der Waals surface area contributed by atoms with Crippen molar-refractivity contribution < 1.29 is 14.3 Å². The van der Waals surface area contributed by atoms with Crippen LogP contribution in [0.15, 0.2) is 30.3 Å². The Labute approximate surface area is 189 Å². The first-order valence-electron chi connectivity index (χ1n) is 11.1. The summed E-state index contributed by atoms with van der Waals surface area (Å²) in [5.74, 6) is 2.84. The van der Waals surface area contributed by atoms with Crippen LogP contribution in [0.1, 0.15) is 53.0 Å². The first kappa shape index (κ1) is 22.0. The number of likely N-dealkylation sites (tertiary alicyclic amines) is 2. The Kier molecular flexibility index (Phi) is 6.30. The molecule has 8 heteroatoms. The molecule has 2 aromatic rings. The number of aromatic nitrogens is 2. The average molecular weight is 438 g/mol. The van der Waals surface area contributed by atoms with Crippen LogP contribution in [-0.2, 0) is 4.79 Å². The van der Waals surface area contributed by atoms with E-state index in [9.17, 15) is 9.59 Å². The van der Waals surface area contributed by atoms with Gasteiger partial charge in [-0.15, -0.1) is 0 Å². The van der Waals surface area contributed by atoms with Crippen molar-refractivity contribution in [3.63, 3.8) is 0 Å². The predicted molar refractivity (Wildman–Crippen MR) is 122 cm³/mol. The number of amides is 2. The monoisotopic (exact) mass is 437 g/mol. The number of benzene rings is 1. The second kappa shape index (κ2) is 9.14. The molecule has 2 aliphatic rings. The Balaban J connectivity index is 1.49. The number of carbonyl (C=O) groups is 2. The summed E-state index contributed by atoms with van der Waals surface area (Å²) in [5.41, 5.74) is 1.58. The van der Waals surface area contributed by atoms with E-state index in [1.807, 2.05) is 55.2 Å². The van der Waals surface area contributed by atoms with Gasteiger partial charge in [0.15, 0.2) is 0 Å². The Hall–Kier alpha value is -3.16. The molecule has 170 valence electrons. The minimum atomic E-state index is 0.0264. The molecule has 2 fully saturated rings. The van der Waals surface area contributed by atoms with Gasteiger partial charge < -0.3 is 19.4 Å². The van der Waals surface area contributed by atoms with Crippen molar-refractivity contribution >= 4 is 17.6 Å². The Morgan fingerprint density at radius 2 is 1.88 bits per heavy atom. The lowest BCUT2D eigenvalue weighted by Gasteiger charge is -2.32. The van der Waals surface area contributed by atoms with Gasteiger partial charge in [-0.2, -0.15) is 0 Å². The number of ether oxygens (including phenoxy) is 1. The van der Waals surface area contributed by atoms with Crippen LogP contribution in [0.25, 0.3) is 0 Å². The number of likely N-dealkylation sites (N-methyl/N-ethyl adjacent to an activating group) is 1. The molecule has 0 saturated carbocycles. The molecule has 2 saturated heterocycles. The van der Waals surface area contributed by atoms with Gasteiger partial charge in [-0.3, -0.25) is 9.59 Å². The van der Waals surface area contributed by atoms with Crippen molar-refractivity contribution in [2.75, 3.05) is 52.8 Å². The van der Waals surface area contributed by atoms with Crippen molar-refractivity contribution in [2.24, 2.45) is 0 Å². The van der Waals surface area contributed by atoms with Gasteiger partial charge in [0.2, 0.25) is 5.91 Å². The van der Waals surface area contributed by atoms with Crippen LogP contribution in [0.2, 0.25) is 0 Å². The smallest absolute Gasteiger partial charge is 0.253 e. The summed E-state index contributed by atoms with van der Waals surface area (Å²) < 4.78 is 5.25. The van der Waals surface area contributed by atoms with E-state index in [2.05, 4.69) is 0 Å². The lowest BCUT2D eigenvalue weighted by atomic mass is 9.94. The SMILES string of the molecule is COc1cccc(C(=O)N2CCC(c3nc([C@H]4CC(=O)N(C)C4)cc(N(C)C)n3)CC2)c1. The van der Waals surface area contributed by atoms with E-state index in [4.69, 9.17) is 14.7 Å². The molecular formula is C24H31N5O3. The second-order valence-electron chi connectivity index (χ2n) is 8.88. The van der Waals surface area contributed by atoms with Gasteiger partial charge in [-0.05, 0) is 31.0 Å². The van der Waals surface area contributed by atoms with E-state index in [0.717, 1.165) is 30.2 Å². The van der Waals surface area contributed by atoms with Gasteiger partial charge in [0.25, 0.3) is 5.91 Å². The van der Waals surface area contributed by atoms with Crippen LogP contribution >= 0.6 is 0 Å². The molecule has 0 spiro atoms. The molecule has 0 N–H and O–H groups in total. The molecule has 0 bridgehead atoms. The van der Waals surface area contributed by atoms with Crippen molar-refractivity contribution in [1.29, 1.82) is 0 Å². The zero-order chi connectivity index (χ0) is 22.8. The summed E-state index contributed by atoms with van der Waals surface area (Å²) in [6, 6.07) is 9.29. The highest BCUT2D eigenvalue weighted by Crippen LogP contribution is 2.32. The summed E-state index contributed by atoms with van der Waals surface area (Å²) in [7, 11) is 7.38. The van der Waals surface area contributed by atoms with Gasteiger partial charge in [0.1, 0.15) is 17.4 Å². The molecule has 2 aliphatic heterocycles. The highest BCUT2D eigenvalue weighted by atomic mass is 16.5. The quantitative estimate of drug-likeness (QED) is 0.715. The zero-order valence-corrected chi connectivity index (χ0v) is 19.2. The minimum absolute atomic E-state index is 0.0264. The van der Waals surface area contributed by atoms with Crippen molar-refractivity contribution in [1.82, 2.24) is 19.8 Å². The number of rotatable bonds is 5. The Bertz CT molecular complexity index is 1000. The summed E-state index contributed by atoms with van der Waals surface area (Å²) in [6.45, 7) is 2.02. The highest BCUT2D eigenvalue weighted by molar-refractivity contribution is 5.94. The molecule has 1 aromatic heterocycles. The fourth-order valence-corrected chi connectivity index (χ4v) is 4.43. The Morgan fingerprint density at radius 3 is 2.50 bits per heavy atom. The molecule has 0 aliphatic carbocycles. The van der Waals surface area contributed by atoms with Gasteiger partial charge in [0.05, 0.1) is 12.8 Å². The molecule has 8 nitrogen and oxygen atoms in total. The summed E-state index contributed by atoms with van der Waals surface area (Å²) >= 11 is 0. The number of nitrogens with zero attached hydrogens (tertiary/aromatic N) is 5. The molecule has 0 unspecified atom stereocenters. The van der Waals surface area contributed by atoms with E-state index in [-0.39, 0.29) is 23.7 Å². The fraction of sp³-hybridized carbons (Fsp3) is 0.500. The van der Waals surface area contributed by atoms with Crippen LogP contribution in [0.3, 0.4) is 0 Å². The molecule has 32 heavy (non-hydrogen) atoms. The summed E-state index contributed by atoms with van der Waals surface area (Å²) in [6.07, 6.45) is 2.12. The first-order valence-corrected chi connectivity index (χ1v) is 11.1. The minimum Gasteiger partial charge on any atom is -0.497 e. The molecule has 3 heterocycles. The number of carbonyl (C=O) groups excluding carboxylic acids is 2. The normalized spacial score (nSPS) is 19.4. The molecule has 1 atom stereocenters. The lowest BCUT2D eigenvalue weighted by molar-refractivity contribution is -0.126. The topological polar surface area (TPSA) is 78.9 Å². The van der Waals surface area contributed by atoms with E-state index >= 15 is 0 Å². The molecule has 0 radical (unpaired) electrons. The third-order valence-corrected chi connectivity index (χ3v) is 6.43. The van der Waals surface area contributed by atoms with Gasteiger partial charge in [-0.1, -0.05) is 6.07 Å².